The second-order valence-electron chi connectivity index (χ2n) is 8.90. The maximum atomic E-state index is 12.2. The number of carbonyl (C=O) groups is 1. The largest absolute Gasteiger partial charge is 0.484 e. The first-order valence-electron chi connectivity index (χ1n) is 12.1. The Balaban J connectivity index is 1.20. The molecule has 1 unspecified atom stereocenters. The lowest BCUT2D eigenvalue weighted by molar-refractivity contribution is -0.118. The summed E-state index contributed by atoms with van der Waals surface area (Å²) in [5.41, 5.74) is 0.626. The molecule has 0 bridgehead atoms. The van der Waals surface area contributed by atoms with Crippen molar-refractivity contribution in [1.29, 1.82) is 0 Å². The van der Waals surface area contributed by atoms with Gasteiger partial charge in [0.25, 0.3) is 5.91 Å². The molecule has 0 saturated carbocycles. The number of aliphatic hydroxyl groups excluding tert-OH is 1. The maximum Gasteiger partial charge on any atom is 0.262 e. The zero-order valence-electron chi connectivity index (χ0n) is 19.9. The van der Waals surface area contributed by atoms with Crippen LogP contribution in [-0.4, -0.2) is 104 Å². The van der Waals surface area contributed by atoms with Crippen molar-refractivity contribution in [2.24, 2.45) is 0 Å². The molecule has 4 rings (SSSR count). The van der Waals surface area contributed by atoms with Gasteiger partial charge in [-0.25, -0.2) is 4.98 Å². The standard InChI is InChI=1S/C25H34ClN5O4/c26-20-2-5-23(6-3-20)35-19-25(33)28-21-4-7-24(27-16-21)31-9-1-8-29(10-11-31)17-22(32)18-30-12-14-34-15-13-30/h2-7,16,22,32H,1,8-15,17-19H2,(H,28,33). The average Bonchev–Trinajstić information content (AvgIpc) is 3.10. The van der Waals surface area contributed by atoms with Crippen LogP contribution >= 0.6 is 11.6 Å². The molecule has 0 spiro atoms. The van der Waals surface area contributed by atoms with E-state index in [1.807, 2.05) is 12.1 Å². The number of β-amino-alcohol motifs (C(OH)–C–C–N with tert-alkyl or cyclic N) is 1. The van der Waals surface area contributed by atoms with Crippen LogP contribution in [-0.2, 0) is 9.53 Å². The molecule has 1 aromatic heterocycles. The predicted molar refractivity (Wildman–Crippen MR) is 136 cm³/mol. The molecule has 2 aliphatic heterocycles. The molecule has 1 amide bonds. The summed E-state index contributed by atoms with van der Waals surface area (Å²) in [5.74, 6) is 1.22. The second-order valence-corrected chi connectivity index (χ2v) is 9.34. The van der Waals surface area contributed by atoms with E-state index in [0.717, 1.165) is 64.7 Å². The number of pyridine rings is 1. The Morgan fingerprint density at radius 3 is 2.49 bits per heavy atom. The van der Waals surface area contributed by atoms with Gasteiger partial charge in [-0.2, -0.15) is 0 Å². The van der Waals surface area contributed by atoms with E-state index < -0.39 is 0 Å². The third-order valence-electron chi connectivity index (χ3n) is 6.17. The highest BCUT2D eigenvalue weighted by atomic mass is 35.5. The number of nitrogens with zero attached hydrogens (tertiary/aromatic N) is 4. The Kier molecular flexibility index (Phi) is 9.56. The van der Waals surface area contributed by atoms with E-state index in [1.54, 1.807) is 30.5 Å². The molecule has 3 heterocycles. The van der Waals surface area contributed by atoms with Gasteiger partial charge >= 0.3 is 0 Å². The summed E-state index contributed by atoms with van der Waals surface area (Å²) < 4.78 is 10.9. The lowest BCUT2D eigenvalue weighted by Gasteiger charge is -2.30. The molecule has 0 radical (unpaired) electrons. The van der Waals surface area contributed by atoms with Crippen LogP contribution in [0.2, 0.25) is 5.02 Å². The topological polar surface area (TPSA) is 90.4 Å². The molecule has 1 aromatic carbocycles. The highest BCUT2D eigenvalue weighted by Gasteiger charge is 2.21. The summed E-state index contributed by atoms with van der Waals surface area (Å²) in [5, 5.41) is 14.0. The fourth-order valence-electron chi connectivity index (χ4n) is 4.34. The highest BCUT2D eigenvalue weighted by Crippen LogP contribution is 2.18. The summed E-state index contributed by atoms with van der Waals surface area (Å²) in [6.45, 7) is 8.15. The first-order valence-corrected chi connectivity index (χ1v) is 12.5. The molecule has 0 aliphatic carbocycles. The van der Waals surface area contributed by atoms with Crippen molar-refractivity contribution in [2.45, 2.75) is 12.5 Å². The maximum absolute atomic E-state index is 12.2. The number of ether oxygens (including phenoxy) is 2. The average molecular weight is 504 g/mol. The number of benzene rings is 1. The number of anilines is 2. The Morgan fingerprint density at radius 1 is 1.03 bits per heavy atom. The molecular formula is C25H34ClN5O4. The number of carbonyl (C=O) groups excluding carboxylic acids is 1. The molecule has 35 heavy (non-hydrogen) atoms. The number of amides is 1. The summed E-state index contributed by atoms with van der Waals surface area (Å²) in [6.07, 6.45) is 2.32. The molecule has 2 N–H and O–H groups in total. The van der Waals surface area contributed by atoms with E-state index >= 15 is 0 Å². The number of aliphatic hydroxyl groups is 1. The van der Waals surface area contributed by atoms with Gasteiger partial charge in [0.05, 0.1) is 31.2 Å². The Morgan fingerprint density at radius 2 is 1.77 bits per heavy atom. The minimum atomic E-state index is -0.357. The summed E-state index contributed by atoms with van der Waals surface area (Å²) in [4.78, 5) is 23.6. The molecular weight excluding hydrogens is 470 g/mol. The van der Waals surface area contributed by atoms with E-state index in [-0.39, 0.29) is 18.6 Å². The van der Waals surface area contributed by atoms with Crippen LogP contribution in [0, 0.1) is 0 Å². The van der Waals surface area contributed by atoms with Crippen LogP contribution in [0.3, 0.4) is 0 Å². The first kappa shape index (κ1) is 25.7. The molecule has 2 fully saturated rings. The highest BCUT2D eigenvalue weighted by molar-refractivity contribution is 6.30. The minimum Gasteiger partial charge on any atom is -0.484 e. The number of nitrogens with one attached hydrogen (secondary N) is 1. The lowest BCUT2D eigenvalue weighted by Crippen LogP contribution is -2.45. The molecule has 2 saturated heterocycles. The lowest BCUT2D eigenvalue weighted by atomic mass is 10.2. The van der Waals surface area contributed by atoms with Gasteiger partial charge in [-0.15, -0.1) is 0 Å². The summed E-state index contributed by atoms with van der Waals surface area (Å²) in [6, 6.07) is 10.7. The van der Waals surface area contributed by atoms with Gasteiger partial charge in [0.15, 0.2) is 6.61 Å². The molecule has 2 aromatic rings. The van der Waals surface area contributed by atoms with Crippen LogP contribution in [0.5, 0.6) is 5.75 Å². The Hall–Kier alpha value is -2.43. The first-order chi connectivity index (χ1) is 17.0. The van der Waals surface area contributed by atoms with Gasteiger partial charge in [0.2, 0.25) is 0 Å². The van der Waals surface area contributed by atoms with Gasteiger partial charge in [0, 0.05) is 50.8 Å². The quantitative estimate of drug-likeness (QED) is 0.537. The van der Waals surface area contributed by atoms with Crippen molar-refractivity contribution in [3.63, 3.8) is 0 Å². The number of rotatable bonds is 9. The molecule has 190 valence electrons. The van der Waals surface area contributed by atoms with Crippen LogP contribution in [0.4, 0.5) is 11.5 Å². The van der Waals surface area contributed by atoms with E-state index in [4.69, 9.17) is 21.1 Å². The van der Waals surface area contributed by atoms with Crippen LogP contribution in [0.15, 0.2) is 42.6 Å². The molecule has 2 aliphatic rings. The van der Waals surface area contributed by atoms with Crippen molar-refractivity contribution in [3.05, 3.63) is 47.6 Å². The summed E-state index contributed by atoms with van der Waals surface area (Å²) in [7, 11) is 0. The van der Waals surface area contributed by atoms with Crippen molar-refractivity contribution in [2.75, 3.05) is 82.4 Å². The summed E-state index contributed by atoms with van der Waals surface area (Å²) >= 11 is 5.86. The van der Waals surface area contributed by atoms with Crippen LogP contribution in [0.25, 0.3) is 0 Å². The normalized spacial score (nSPS) is 18.6. The SMILES string of the molecule is O=C(COc1ccc(Cl)cc1)Nc1ccc(N2CCCN(CC(O)CN3CCOCC3)CC2)nc1. The van der Waals surface area contributed by atoms with Crippen molar-refractivity contribution in [3.8, 4) is 5.75 Å². The Labute approximate surface area is 211 Å². The van der Waals surface area contributed by atoms with Crippen LogP contribution < -0.4 is 15.0 Å². The van der Waals surface area contributed by atoms with E-state index in [0.29, 0.717) is 29.5 Å². The second kappa shape index (κ2) is 13.0. The number of aromatic nitrogens is 1. The molecule has 10 heteroatoms. The number of halogens is 1. The van der Waals surface area contributed by atoms with Gasteiger partial charge in [0.1, 0.15) is 11.6 Å². The van der Waals surface area contributed by atoms with E-state index in [1.165, 1.54) is 0 Å². The molecule has 9 nitrogen and oxygen atoms in total. The predicted octanol–water partition coefficient (Wildman–Crippen LogP) is 1.96. The zero-order chi connectivity index (χ0) is 24.5. The van der Waals surface area contributed by atoms with Gasteiger partial charge in [-0.1, -0.05) is 11.6 Å². The van der Waals surface area contributed by atoms with E-state index in [2.05, 4.69) is 25.0 Å². The monoisotopic (exact) mass is 503 g/mol. The fourth-order valence-corrected chi connectivity index (χ4v) is 4.47. The van der Waals surface area contributed by atoms with Crippen LogP contribution in [0.1, 0.15) is 6.42 Å². The molecule has 1 atom stereocenters. The number of hydrogen-bond acceptors (Lipinski definition) is 8. The van der Waals surface area contributed by atoms with Crippen molar-refractivity contribution < 1.29 is 19.4 Å². The third kappa shape index (κ3) is 8.33. The van der Waals surface area contributed by atoms with Gasteiger partial charge < -0.3 is 24.8 Å². The Bertz CT molecular complexity index is 924. The fraction of sp³-hybridized carbons (Fsp3) is 0.520. The van der Waals surface area contributed by atoms with E-state index in [9.17, 15) is 9.90 Å². The minimum absolute atomic E-state index is 0.0945. The number of morpholine rings is 1. The van der Waals surface area contributed by atoms with Gasteiger partial charge in [-0.3, -0.25) is 14.6 Å². The van der Waals surface area contributed by atoms with Gasteiger partial charge in [-0.05, 0) is 49.4 Å². The van der Waals surface area contributed by atoms with Crippen molar-refractivity contribution in [1.82, 2.24) is 14.8 Å². The smallest absolute Gasteiger partial charge is 0.262 e. The number of hydrogen-bond donors (Lipinski definition) is 2. The van der Waals surface area contributed by atoms with Crippen molar-refractivity contribution >= 4 is 29.0 Å². The third-order valence-corrected chi connectivity index (χ3v) is 6.42. The zero-order valence-corrected chi connectivity index (χ0v) is 20.7.